The third kappa shape index (κ3) is 3.24. The summed E-state index contributed by atoms with van der Waals surface area (Å²) in [4.78, 5) is 24.8. The number of carbonyl (C=O) groups excluding carboxylic acids is 2. The minimum absolute atomic E-state index is 0.0304. The number of hydrogen-bond donors (Lipinski definition) is 1. The van der Waals surface area contributed by atoms with Crippen LogP contribution in [0.3, 0.4) is 0 Å². The van der Waals surface area contributed by atoms with E-state index >= 15 is 0 Å². The highest BCUT2D eigenvalue weighted by molar-refractivity contribution is 6.31. The number of anilines is 1. The summed E-state index contributed by atoms with van der Waals surface area (Å²) in [7, 11) is 0. The number of hydrogen-bond acceptors (Lipinski definition) is 5. The molecule has 0 aromatic heterocycles. The molecule has 0 saturated heterocycles. The monoisotopic (exact) mass is 398 g/mol. The molecule has 0 saturated carbocycles. The van der Waals surface area contributed by atoms with Crippen molar-refractivity contribution in [2.75, 3.05) is 5.01 Å². The molecule has 1 N–H and O–H groups in total. The summed E-state index contributed by atoms with van der Waals surface area (Å²) < 4.78 is 5.47. The number of phenolic OH excluding ortho intramolecular Hbond substituents is 1. The van der Waals surface area contributed by atoms with Crippen LogP contribution in [-0.4, -0.2) is 22.7 Å². The molecule has 6 nitrogen and oxygen atoms in total. The Morgan fingerprint density at radius 2 is 2.04 bits per heavy atom. The molecule has 0 aliphatic carbocycles. The minimum atomic E-state index is -0.371. The van der Waals surface area contributed by atoms with E-state index in [9.17, 15) is 14.7 Å². The number of halogens is 1. The average molecular weight is 399 g/mol. The lowest BCUT2D eigenvalue weighted by Crippen LogP contribution is -2.19. The van der Waals surface area contributed by atoms with Crippen LogP contribution in [0, 0.1) is 0 Å². The van der Waals surface area contributed by atoms with Crippen LogP contribution in [0.2, 0.25) is 5.02 Å². The molecule has 0 spiro atoms. The van der Waals surface area contributed by atoms with Gasteiger partial charge in [0.15, 0.2) is 0 Å². The van der Waals surface area contributed by atoms with Crippen molar-refractivity contribution in [3.05, 3.63) is 58.1 Å². The molecular weight excluding hydrogens is 380 g/mol. The summed E-state index contributed by atoms with van der Waals surface area (Å²) in [6.45, 7) is 2.09. The molecule has 2 aromatic carbocycles. The van der Waals surface area contributed by atoms with Gasteiger partial charge in [-0.2, -0.15) is 5.10 Å². The second-order valence-electron chi connectivity index (χ2n) is 6.90. The van der Waals surface area contributed by atoms with Gasteiger partial charge in [-0.1, -0.05) is 31.0 Å². The van der Waals surface area contributed by atoms with Crippen molar-refractivity contribution in [3.63, 3.8) is 0 Å². The average Bonchev–Trinajstić information content (AvgIpc) is 3.20. The van der Waals surface area contributed by atoms with Gasteiger partial charge in [-0.3, -0.25) is 4.79 Å². The van der Waals surface area contributed by atoms with E-state index in [-0.39, 0.29) is 30.2 Å². The first-order valence-corrected chi connectivity index (χ1v) is 9.60. The highest BCUT2D eigenvalue weighted by atomic mass is 35.5. The smallest absolute Gasteiger partial charge is 0.339 e. The van der Waals surface area contributed by atoms with Crippen molar-refractivity contribution in [3.8, 4) is 5.75 Å². The quantitative estimate of drug-likeness (QED) is 0.747. The van der Waals surface area contributed by atoms with Crippen LogP contribution in [0.5, 0.6) is 5.75 Å². The molecule has 1 atom stereocenters. The van der Waals surface area contributed by atoms with E-state index < -0.39 is 0 Å². The number of fused-ring (bicyclic) bond motifs is 1. The van der Waals surface area contributed by atoms with Gasteiger partial charge in [0.1, 0.15) is 11.9 Å². The van der Waals surface area contributed by atoms with Gasteiger partial charge in [0, 0.05) is 16.1 Å². The van der Waals surface area contributed by atoms with Gasteiger partial charge in [0.05, 0.1) is 23.4 Å². The van der Waals surface area contributed by atoms with E-state index in [1.54, 1.807) is 24.3 Å². The molecular formula is C21H19ClN2O4. The van der Waals surface area contributed by atoms with Gasteiger partial charge in [-0.05, 0) is 43.2 Å². The largest absolute Gasteiger partial charge is 0.507 e. The number of nitrogens with zero attached hydrogens (tertiary/aromatic N) is 2. The Balaban J connectivity index is 1.64. The fourth-order valence-electron chi connectivity index (χ4n) is 3.52. The van der Waals surface area contributed by atoms with E-state index in [1.807, 2.05) is 6.07 Å². The predicted octanol–water partition coefficient (Wildman–Crippen LogP) is 4.59. The lowest BCUT2D eigenvalue weighted by Gasteiger charge is -2.13. The Kier molecular flexibility index (Phi) is 4.81. The van der Waals surface area contributed by atoms with E-state index in [0.717, 1.165) is 24.8 Å². The first-order valence-electron chi connectivity index (χ1n) is 9.22. The molecule has 0 fully saturated rings. The van der Waals surface area contributed by atoms with Gasteiger partial charge in [0.25, 0.3) is 5.91 Å². The standard InChI is InChI=1S/C21H19ClN2O4/c1-2-3-4-19-14-8-6-13(10-16(14)21(27)28-19)24-20(26)11-17(23-24)15-7-5-12(22)9-18(15)25/h5-10,19,25H,2-4,11H2,1H3. The molecule has 1 amide bonds. The fourth-order valence-corrected chi connectivity index (χ4v) is 3.69. The van der Waals surface area contributed by atoms with Gasteiger partial charge in [0.2, 0.25) is 0 Å². The Hall–Kier alpha value is -2.86. The number of cyclic esters (lactones) is 1. The Bertz CT molecular complexity index is 1000. The second kappa shape index (κ2) is 7.28. The van der Waals surface area contributed by atoms with Crippen LogP contribution in [0.15, 0.2) is 41.5 Å². The molecule has 0 bridgehead atoms. The Morgan fingerprint density at radius 3 is 2.79 bits per heavy atom. The molecule has 2 aliphatic rings. The van der Waals surface area contributed by atoms with E-state index in [2.05, 4.69) is 12.0 Å². The van der Waals surface area contributed by atoms with E-state index in [1.165, 1.54) is 11.1 Å². The van der Waals surface area contributed by atoms with Crippen molar-refractivity contribution >= 4 is 34.9 Å². The first kappa shape index (κ1) is 18.5. The molecule has 2 aliphatic heterocycles. The molecule has 0 radical (unpaired) electrons. The summed E-state index contributed by atoms with van der Waals surface area (Å²) in [5, 5.41) is 16.1. The number of aromatic hydroxyl groups is 1. The number of hydrazone groups is 1. The highest BCUT2D eigenvalue weighted by Gasteiger charge is 2.33. The minimum Gasteiger partial charge on any atom is -0.507 e. The molecule has 144 valence electrons. The summed E-state index contributed by atoms with van der Waals surface area (Å²) in [6.07, 6.45) is 2.61. The Morgan fingerprint density at radius 1 is 1.21 bits per heavy atom. The topological polar surface area (TPSA) is 79.2 Å². The first-order chi connectivity index (χ1) is 13.5. The maximum absolute atomic E-state index is 12.5. The molecule has 2 heterocycles. The van der Waals surface area contributed by atoms with Crippen LogP contribution in [-0.2, 0) is 9.53 Å². The van der Waals surface area contributed by atoms with Crippen molar-refractivity contribution in [1.82, 2.24) is 0 Å². The number of carbonyl (C=O) groups is 2. The highest BCUT2D eigenvalue weighted by Crippen LogP contribution is 2.37. The van der Waals surface area contributed by atoms with Crippen LogP contribution < -0.4 is 5.01 Å². The van der Waals surface area contributed by atoms with Crippen molar-refractivity contribution in [2.45, 2.75) is 38.7 Å². The zero-order valence-corrected chi connectivity index (χ0v) is 16.1. The third-order valence-corrected chi connectivity index (χ3v) is 5.20. The molecule has 28 heavy (non-hydrogen) atoms. The SMILES string of the molecule is CCCCC1OC(=O)c2cc(N3N=C(c4ccc(Cl)cc4O)CC3=O)ccc21. The number of unbranched alkanes of at least 4 members (excludes halogenated alkanes) is 1. The van der Waals surface area contributed by atoms with Gasteiger partial charge in [-0.15, -0.1) is 0 Å². The summed E-state index contributed by atoms with van der Waals surface area (Å²) in [6, 6.07) is 9.92. The number of phenols is 1. The van der Waals surface area contributed by atoms with Gasteiger partial charge in [-0.25, -0.2) is 9.80 Å². The zero-order chi connectivity index (χ0) is 19.8. The number of ether oxygens (including phenoxy) is 1. The van der Waals surface area contributed by atoms with Crippen LogP contribution >= 0.6 is 11.6 Å². The maximum Gasteiger partial charge on any atom is 0.339 e. The summed E-state index contributed by atoms with van der Waals surface area (Å²) >= 11 is 5.87. The summed E-state index contributed by atoms with van der Waals surface area (Å²) in [5.74, 6) is -0.639. The number of esters is 1. The van der Waals surface area contributed by atoms with Crippen molar-refractivity contribution in [1.29, 1.82) is 0 Å². The van der Waals surface area contributed by atoms with Crippen LogP contribution in [0.25, 0.3) is 0 Å². The van der Waals surface area contributed by atoms with E-state index in [0.29, 0.717) is 27.5 Å². The molecule has 1 unspecified atom stereocenters. The second-order valence-corrected chi connectivity index (χ2v) is 7.33. The number of amides is 1. The van der Waals surface area contributed by atoms with Crippen molar-refractivity contribution < 1.29 is 19.4 Å². The van der Waals surface area contributed by atoms with Gasteiger partial charge >= 0.3 is 5.97 Å². The normalized spacial score (nSPS) is 18.3. The maximum atomic E-state index is 12.5. The summed E-state index contributed by atoms with van der Waals surface area (Å²) in [5.41, 5.74) is 2.74. The Labute approximate surface area is 167 Å². The molecule has 4 rings (SSSR count). The van der Waals surface area contributed by atoms with Crippen LogP contribution in [0.4, 0.5) is 5.69 Å². The predicted molar refractivity (Wildman–Crippen MR) is 106 cm³/mol. The third-order valence-electron chi connectivity index (χ3n) is 4.96. The van der Waals surface area contributed by atoms with Gasteiger partial charge < -0.3 is 9.84 Å². The van der Waals surface area contributed by atoms with Crippen LogP contribution in [0.1, 0.15) is 60.2 Å². The zero-order valence-electron chi connectivity index (χ0n) is 15.3. The lowest BCUT2D eigenvalue weighted by atomic mass is 10.0. The molecule has 2 aromatic rings. The number of rotatable bonds is 5. The lowest BCUT2D eigenvalue weighted by molar-refractivity contribution is -0.116. The van der Waals surface area contributed by atoms with Crippen molar-refractivity contribution in [2.24, 2.45) is 5.10 Å². The molecule has 7 heteroatoms. The number of benzene rings is 2. The fraction of sp³-hybridized carbons (Fsp3) is 0.286. The van der Waals surface area contributed by atoms with E-state index in [4.69, 9.17) is 16.3 Å².